The van der Waals surface area contributed by atoms with E-state index in [2.05, 4.69) is 0 Å². The van der Waals surface area contributed by atoms with Gasteiger partial charge in [-0.2, -0.15) is 0 Å². The van der Waals surface area contributed by atoms with Gasteiger partial charge in [0.05, 0.1) is 0 Å². The zero-order chi connectivity index (χ0) is 9.72. The fraction of sp³-hybridized carbons (Fsp3) is 0.429. The molecule has 0 rings (SSSR count). The average Bonchev–Trinajstić information content (AvgIpc) is 2.03. The summed E-state index contributed by atoms with van der Waals surface area (Å²) in [6.45, 7) is -0.589. The number of hydrogen-bond donors (Lipinski definition) is 3. The molecule has 0 amide bonds. The van der Waals surface area contributed by atoms with E-state index >= 15 is 0 Å². The van der Waals surface area contributed by atoms with Crippen LogP contribution in [0.5, 0.6) is 0 Å². The number of allylic oxidation sites excluding steroid dienone is 1. The number of aliphatic hydroxyl groups excluding tert-OH is 3. The van der Waals surface area contributed by atoms with Gasteiger partial charge in [-0.25, -0.2) is 0 Å². The number of hydrogen-bond acceptors (Lipinski definition) is 5. The average molecular weight is 174 g/mol. The van der Waals surface area contributed by atoms with Gasteiger partial charge in [0.1, 0.15) is 24.5 Å². The van der Waals surface area contributed by atoms with E-state index in [1.165, 1.54) is 0 Å². The minimum Gasteiger partial charge on any atom is -0.512 e. The van der Waals surface area contributed by atoms with Crippen molar-refractivity contribution in [3.8, 4) is 0 Å². The van der Waals surface area contributed by atoms with Crippen molar-refractivity contribution in [2.75, 3.05) is 13.2 Å². The molecule has 5 heteroatoms. The Hall–Kier alpha value is -1.20. The van der Waals surface area contributed by atoms with Crippen LogP contribution in [0.2, 0.25) is 0 Å². The number of aliphatic hydroxyl groups is 3. The molecule has 0 aliphatic rings. The first-order chi connectivity index (χ1) is 5.54. The molecule has 0 fully saturated rings. The van der Waals surface area contributed by atoms with Crippen LogP contribution in [-0.2, 0) is 9.59 Å². The maximum atomic E-state index is 10.8. The lowest BCUT2D eigenvalue weighted by atomic mass is 10.1. The summed E-state index contributed by atoms with van der Waals surface area (Å²) in [5.41, 5.74) is -0.542. The Labute approximate surface area is 68.9 Å². The monoisotopic (exact) mass is 174 g/mol. The van der Waals surface area contributed by atoms with Crippen molar-refractivity contribution in [1.82, 2.24) is 0 Å². The summed E-state index contributed by atoms with van der Waals surface area (Å²) in [6.07, 6.45) is 0. The Kier molecular flexibility index (Phi) is 4.17. The smallest absolute Gasteiger partial charge is 0.195 e. The quantitative estimate of drug-likeness (QED) is 0.218. The van der Waals surface area contributed by atoms with Gasteiger partial charge in [0.2, 0.25) is 0 Å². The van der Waals surface area contributed by atoms with Crippen molar-refractivity contribution < 1.29 is 24.9 Å². The molecule has 0 spiro atoms. The molecule has 0 unspecified atom stereocenters. The molecular weight excluding hydrogens is 164 g/mol. The van der Waals surface area contributed by atoms with Crippen LogP contribution in [0.25, 0.3) is 0 Å². The van der Waals surface area contributed by atoms with Crippen molar-refractivity contribution in [1.29, 1.82) is 0 Å². The largest absolute Gasteiger partial charge is 0.512 e. The Balaban J connectivity index is 4.83. The van der Waals surface area contributed by atoms with Crippen LogP contribution in [-0.4, -0.2) is 40.1 Å². The highest BCUT2D eigenvalue weighted by Gasteiger charge is 2.19. The van der Waals surface area contributed by atoms with Gasteiger partial charge in [-0.15, -0.1) is 0 Å². The van der Waals surface area contributed by atoms with E-state index in [-0.39, 0.29) is 0 Å². The normalized spacial score (nSPS) is 9.25. The predicted molar refractivity (Wildman–Crippen MR) is 39.5 cm³/mol. The van der Waals surface area contributed by atoms with Crippen molar-refractivity contribution in [2.45, 2.75) is 6.92 Å². The number of carbonyl (C=O) groups excluding carboxylic acids is 2. The molecule has 0 heterocycles. The molecule has 0 aromatic carbocycles. The van der Waals surface area contributed by atoms with Gasteiger partial charge in [0.15, 0.2) is 11.6 Å². The summed E-state index contributed by atoms with van der Waals surface area (Å²) < 4.78 is 0. The first-order valence-corrected chi connectivity index (χ1v) is 3.22. The molecule has 0 aliphatic carbocycles. The topological polar surface area (TPSA) is 94.8 Å². The van der Waals surface area contributed by atoms with E-state index < -0.39 is 36.1 Å². The number of Topliss-reactive ketones (excluding diaryl/α,β-unsaturated/α-hetero) is 2. The standard InChI is InChI=1S/C7H10O5/c1-4(10)7(5(11)2-8)6(12)3-9/h8-10H,2-3H2,1H3. The summed E-state index contributed by atoms with van der Waals surface area (Å²) in [4.78, 5) is 21.5. The van der Waals surface area contributed by atoms with Crippen molar-refractivity contribution in [3.63, 3.8) is 0 Å². The first-order valence-electron chi connectivity index (χ1n) is 3.22. The van der Waals surface area contributed by atoms with Crippen LogP contribution in [0, 0.1) is 0 Å². The van der Waals surface area contributed by atoms with E-state index in [9.17, 15) is 9.59 Å². The van der Waals surface area contributed by atoms with Crippen molar-refractivity contribution >= 4 is 11.6 Å². The van der Waals surface area contributed by atoms with E-state index in [1.807, 2.05) is 0 Å². The maximum absolute atomic E-state index is 10.8. The Morgan fingerprint density at radius 3 is 1.58 bits per heavy atom. The van der Waals surface area contributed by atoms with Crippen LogP contribution < -0.4 is 0 Å². The van der Waals surface area contributed by atoms with E-state index in [4.69, 9.17) is 15.3 Å². The molecular formula is C7H10O5. The first kappa shape index (κ1) is 10.8. The predicted octanol–water partition coefficient (Wildman–Crippen LogP) is -1.06. The fourth-order valence-corrected chi connectivity index (χ4v) is 0.717. The number of carbonyl (C=O) groups is 2. The molecule has 0 radical (unpaired) electrons. The second-order valence-corrected chi connectivity index (χ2v) is 2.12. The van der Waals surface area contributed by atoms with Gasteiger partial charge < -0.3 is 15.3 Å². The number of rotatable bonds is 4. The Morgan fingerprint density at radius 2 is 1.42 bits per heavy atom. The van der Waals surface area contributed by atoms with Gasteiger partial charge >= 0.3 is 0 Å². The van der Waals surface area contributed by atoms with Crippen LogP contribution in [0.4, 0.5) is 0 Å². The second-order valence-electron chi connectivity index (χ2n) is 2.12. The minimum atomic E-state index is -0.894. The molecule has 0 saturated heterocycles. The van der Waals surface area contributed by atoms with E-state index in [0.29, 0.717) is 0 Å². The lowest BCUT2D eigenvalue weighted by Gasteiger charge is -2.01. The highest BCUT2D eigenvalue weighted by Crippen LogP contribution is 2.03. The van der Waals surface area contributed by atoms with Gasteiger partial charge in [0, 0.05) is 0 Å². The molecule has 12 heavy (non-hydrogen) atoms. The van der Waals surface area contributed by atoms with Crippen LogP contribution in [0.15, 0.2) is 11.3 Å². The third-order valence-electron chi connectivity index (χ3n) is 1.21. The third-order valence-corrected chi connectivity index (χ3v) is 1.21. The Morgan fingerprint density at radius 1 is 1.08 bits per heavy atom. The van der Waals surface area contributed by atoms with Crippen LogP contribution in [0.3, 0.4) is 0 Å². The molecule has 0 aromatic rings. The summed E-state index contributed by atoms with van der Waals surface area (Å²) >= 11 is 0. The van der Waals surface area contributed by atoms with Gasteiger partial charge in [-0.1, -0.05) is 0 Å². The third kappa shape index (κ3) is 2.44. The minimum absolute atomic E-state index is 0.492. The zero-order valence-corrected chi connectivity index (χ0v) is 6.57. The van der Waals surface area contributed by atoms with E-state index in [1.54, 1.807) is 0 Å². The van der Waals surface area contributed by atoms with Gasteiger partial charge in [-0.3, -0.25) is 9.59 Å². The molecule has 0 aliphatic heterocycles. The maximum Gasteiger partial charge on any atom is 0.195 e. The highest BCUT2D eigenvalue weighted by molar-refractivity contribution is 6.21. The van der Waals surface area contributed by atoms with Crippen LogP contribution in [0.1, 0.15) is 6.92 Å². The molecule has 0 atom stereocenters. The number of ketones is 2. The molecule has 3 N–H and O–H groups in total. The highest BCUT2D eigenvalue weighted by atomic mass is 16.3. The van der Waals surface area contributed by atoms with Gasteiger partial charge in [0.25, 0.3) is 0 Å². The lowest BCUT2D eigenvalue weighted by Crippen LogP contribution is -2.20. The lowest BCUT2D eigenvalue weighted by molar-refractivity contribution is -0.124. The molecule has 0 saturated carbocycles. The molecule has 68 valence electrons. The molecule has 0 aromatic heterocycles. The molecule has 5 nitrogen and oxygen atoms in total. The molecule has 0 bridgehead atoms. The summed E-state index contributed by atoms with van der Waals surface area (Å²) in [5, 5.41) is 25.6. The summed E-state index contributed by atoms with van der Waals surface area (Å²) in [7, 11) is 0. The van der Waals surface area contributed by atoms with Crippen molar-refractivity contribution in [2.24, 2.45) is 0 Å². The fourth-order valence-electron chi connectivity index (χ4n) is 0.717. The second kappa shape index (κ2) is 4.63. The summed E-state index contributed by atoms with van der Waals surface area (Å²) in [6, 6.07) is 0. The van der Waals surface area contributed by atoms with E-state index in [0.717, 1.165) is 6.92 Å². The zero-order valence-electron chi connectivity index (χ0n) is 6.57. The Bertz CT molecular complexity index is 206. The van der Waals surface area contributed by atoms with Crippen molar-refractivity contribution in [3.05, 3.63) is 11.3 Å². The SMILES string of the molecule is CC(O)=C(C(=O)CO)C(=O)CO. The summed E-state index contributed by atoms with van der Waals surface area (Å²) in [5.74, 6) is -2.28. The van der Waals surface area contributed by atoms with Crippen LogP contribution >= 0.6 is 0 Å². The van der Waals surface area contributed by atoms with Gasteiger partial charge in [-0.05, 0) is 6.92 Å².